The molecule has 0 fully saturated rings. The first kappa shape index (κ1) is 69.3. The highest BCUT2D eigenvalue weighted by atomic mass is 16.5. The fraction of sp³-hybridized carbons (Fsp3) is 0.908. The van der Waals surface area contributed by atoms with Crippen molar-refractivity contribution in [3.8, 4) is 0 Å². The van der Waals surface area contributed by atoms with Crippen LogP contribution in [0.2, 0.25) is 0 Å². The van der Waals surface area contributed by atoms with Gasteiger partial charge >= 0.3 is 5.97 Å². The van der Waals surface area contributed by atoms with Gasteiger partial charge in [-0.25, -0.2) is 0 Å². The maximum absolute atomic E-state index is 12.5. The van der Waals surface area contributed by atoms with Crippen molar-refractivity contribution in [2.24, 2.45) is 0 Å². The fourth-order valence-corrected chi connectivity index (χ4v) is 10.0. The summed E-state index contributed by atoms with van der Waals surface area (Å²) in [6.45, 7) is 4.92. The zero-order valence-electron chi connectivity index (χ0n) is 48.0. The lowest BCUT2D eigenvalue weighted by molar-refractivity contribution is -0.143. The van der Waals surface area contributed by atoms with Gasteiger partial charge in [-0.1, -0.05) is 308 Å². The van der Waals surface area contributed by atoms with Crippen molar-refractivity contribution in [1.29, 1.82) is 0 Å². The van der Waals surface area contributed by atoms with Crippen LogP contribution in [0.3, 0.4) is 0 Å². The van der Waals surface area contributed by atoms with Crippen LogP contribution in [0.5, 0.6) is 0 Å². The van der Waals surface area contributed by atoms with E-state index in [1.54, 1.807) is 6.08 Å². The van der Waals surface area contributed by atoms with Crippen LogP contribution in [0.15, 0.2) is 24.3 Å². The van der Waals surface area contributed by atoms with Crippen LogP contribution in [0, 0.1) is 0 Å². The molecule has 71 heavy (non-hydrogen) atoms. The third kappa shape index (κ3) is 57.5. The molecule has 2 atom stereocenters. The predicted molar refractivity (Wildman–Crippen MR) is 310 cm³/mol. The summed E-state index contributed by atoms with van der Waals surface area (Å²) in [4.78, 5) is 24.5. The van der Waals surface area contributed by atoms with E-state index in [0.717, 1.165) is 38.5 Å². The van der Waals surface area contributed by atoms with E-state index in [2.05, 4.69) is 31.3 Å². The molecule has 0 saturated carbocycles. The number of amides is 1. The number of aliphatic hydroxyl groups is 2. The average Bonchev–Trinajstić information content (AvgIpc) is 3.37. The maximum atomic E-state index is 12.5. The molecule has 0 bridgehead atoms. The van der Waals surface area contributed by atoms with Crippen LogP contribution >= 0.6 is 0 Å². The Balaban J connectivity index is 3.38. The third-order valence-electron chi connectivity index (χ3n) is 15.0. The fourth-order valence-electron chi connectivity index (χ4n) is 10.0. The summed E-state index contributed by atoms with van der Waals surface area (Å²) in [6, 6.07) is -0.626. The van der Waals surface area contributed by atoms with E-state index in [-0.39, 0.29) is 18.5 Å². The summed E-state index contributed by atoms with van der Waals surface area (Å²) in [6.07, 6.45) is 75.2. The number of allylic oxidation sites excluding steroid dienone is 3. The van der Waals surface area contributed by atoms with Gasteiger partial charge in [0, 0.05) is 12.8 Å². The molecule has 0 aromatic heterocycles. The lowest BCUT2D eigenvalue weighted by atomic mass is 10.0. The van der Waals surface area contributed by atoms with Crippen LogP contribution in [-0.4, -0.2) is 47.4 Å². The highest BCUT2D eigenvalue weighted by Gasteiger charge is 2.18. The molecule has 3 N–H and O–H groups in total. The molecule has 0 aliphatic rings. The minimum atomic E-state index is -0.843. The van der Waals surface area contributed by atoms with E-state index in [0.29, 0.717) is 19.4 Å². The van der Waals surface area contributed by atoms with Crippen LogP contribution in [0.25, 0.3) is 0 Å². The van der Waals surface area contributed by atoms with Gasteiger partial charge in [0.15, 0.2) is 0 Å². The van der Waals surface area contributed by atoms with Crippen molar-refractivity contribution >= 4 is 11.9 Å². The van der Waals surface area contributed by atoms with Crippen molar-refractivity contribution in [3.63, 3.8) is 0 Å². The molecule has 0 spiro atoms. The van der Waals surface area contributed by atoms with Gasteiger partial charge in [-0.3, -0.25) is 9.59 Å². The number of carbonyl (C=O) groups is 2. The Labute approximate surface area is 443 Å². The average molecular weight is 1000 g/mol. The topological polar surface area (TPSA) is 95.9 Å². The summed E-state index contributed by atoms with van der Waals surface area (Å²) in [7, 11) is 0. The Bertz CT molecular complexity index is 1110. The number of ether oxygens (including phenoxy) is 1. The molecular formula is C65H125NO5. The van der Waals surface area contributed by atoms with Crippen LogP contribution in [-0.2, 0) is 14.3 Å². The second-order valence-corrected chi connectivity index (χ2v) is 22.1. The van der Waals surface area contributed by atoms with Crippen molar-refractivity contribution in [3.05, 3.63) is 24.3 Å². The van der Waals surface area contributed by atoms with Gasteiger partial charge in [0.05, 0.1) is 25.4 Å². The molecule has 0 aromatic rings. The molecule has 420 valence electrons. The lowest BCUT2D eigenvalue weighted by Gasteiger charge is -2.20. The van der Waals surface area contributed by atoms with Gasteiger partial charge in [-0.2, -0.15) is 0 Å². The summed E-state index contributed by atoms with van der Waals surface area (Å²) < 4.78 is 5.47. The molecule has 1 amide bonds. The minimum absolute atomic E-state index is 0.0161. The van der Waals surface area contributed by atoms with Crippen LogP contribution < -0.4 is 5.32 Å². The van der Waals surface area contributed by atoms with Gasteiger partial charge in [0.1, 0.15) is 0 Å². The Morgan fingerprint density at radius 2 is 0.662 bits per heavy atom. The number of aliphatic hydroxyl groups excluding tert-OH is 2. The minimum Gasteiger partial charge on any atom is -0.466 e. The second kappa shape index (κ2) is 60.9. The number of hydrogen-bond donors (Lipinski definition) is 3. The first-order valence-electron chi connectivity index (χ1n) is 32.1. The van der Waals surface area contributed by atoms with E-state index in [4.69, 9.17) is 4.74 Å². The van der Waals surface area contributed by atoms with Crippen molar-refractivity contribution in [1.82, 2.24) is 5.32 Å². The highest BCUT2D eigenvalue weighted by Crippen LogP contribution is 2.18. The van der Waals surface area contributed by atoms with Gasteiger partial charge in [-0.05, 0) is 57.8 Å². The van der Waals surface area contributed by atoms with E-state index in [1.165, 1.54) is 289 Å². The molecule has 6 heteroatoms. The maximum Gasteiger partial charge on any atom is 0.305 e. The second-order valence-electron chi connectivity index (χ2n) is 22.1. The predicted octanol–water partition coefficient (Wildman–Crippen LogP) is 20.2. The molecule has 0 heterocycles. The van der Waals surface area contributed by atoms with Crippen molar-refractivity contribution in [2.75, 3.05) is 13.2 Å². The van der Waals surface area contributed by atoms with E-state index >= 15 is 0 Å². The number of esters is 1. The lowest BCUT2D eigenvalue weighted by Crippen LogP contribution is -2.45. The molecular weight excluding hydrogens is 875 g/mol. The molecule has 0 saturated heterocycles. The normalized spacial score (nSPS) is 12.7. The Kier molecular flexibility index (Phi) is 59.5. The largest absolute Gasteiger partial charge is 0.466 e. The Hall–Kier alpha value is -1.66. The summed E-state index contributed by atoms with van der Waals surface area (Å²) in [5.41, 5.74) is 0. The first-order valence-corrected chi connectivity index (χ1v) is 32.1. The van der Waals surface area contributed by atoms with Gasteiger partial charge < -0.3 is 20.3 Å². The standard InChI is InChI=1S/C65H125NO5/c1-3-5-7-9-11-13-15-16-34-38-41-45-49-53-57-63(68)62(61-67)66-64(69)58-54-50-46-42-39-35-32-30-28-26-24-22-20-18-17-19-21-23-25-27-29-31-33-36-40-44-48-52-56-60-71-65(70)59-55-51-47-43-37-14-12-10-8-6-4-2/h17,19,53,57,62-63,67-68H,3-16,18,20-52,54-56,58-61H2,1-2H3,(H,66,69)/b19-17-,57-53+. The molecule has 0 rings (SSSR count). The Morgan fingerprint density at radius 1 is 0.380 bits per heavy atom. The van der Waals surface area contributed by atoms with Crippen molar-refractivity contribution in [2.45, 2.75) is 366 Å². The Morgan fingerprint density at radius 3 is 1.00 bits per heavy atom. The molecule has 6 nitrogen and oxygen atoms in total. The number of rotatable bonds is 60. The molecule has 0 aliphatic heterocycles. The van der Waals surface area contributed by atoms with E-state index < -0.39 is 12.1 Å². The molecule has 0 radical (unpaired) electrons. The van der Waals surface area contributed by atoms with E-state index in [9.17, 15) is 19.8 Å². The number of nitrogens with one attached hydrogen (secondary N) is 1. The molecule has 0 aliphatic carbocycles. The third-order valence-corrected chi connectivity index (χ3v) is 15.0. The van der Waals surface area contributed by atoms with Gasteiger partial charge in [0.25, 0.3) is 0 Å². The summed E-state index contributed by atoms with van der Waals surface area (Å²) in [5, 5.41) is 23.1. The van der Waals surface area contributed by atoms with Crippen molar-refractivity contribution < 1.29 is 24.5 Å². The van der Waals surface area contributed by atoms with Crippen LogP contribution in [0.1, 0.15) is 354 Å². The quantitative estimate of drug-likeness (QED) is 0.0320. The zero-order chi connectivity index (χ0) is 51.4. The number of hydrogen-bond acceptors (Lipinski definition) is 5. The zero-order valence-corrected chi connectivity index (χ0v) is 48.0. The molecule has 2 unspecified atom stereocenters. The smallest absolute Gasteiger partial charge is 0.305 e. The van der Waals surface area contributed by atoms with Crippen LogP contribution in [0.4, 0.5) is 0 Å². The summed E-state index contributed by atoms with van der Waals surface area (Å²) >= 11 is 0. The summed E-state index contributed by atoms with van der Waals surface area (Å²) in [5.74, 6) is -0.0495. The monoisotopic (exact) mass is 1000 g/mol. The molecule has 0 aromatic carbocycles. The first-order chi connectivity index (χ1) is 35.0. The number of unbranched alkanes of at least 4 members (excludes halogenated alkanes) is 47. The van der Waals surface area contributed by atoms with E-state index in [1.807, 2.05) is 6.08 Å². The number of carbonyl (C=O) groups excluding carboxylic acids is 2. The SMILES string of the molecule is CCCCCCCCCCCCCC/C=C/C(O)C(CO)NC(=O)CCCCCCCCCCCCCCC/C=C\CCCCCCCCCCCCCCOC(=O)CCCCCCCCCCCCC. The van der Waals surface area contributed by atoms with Gasteiger partial charge in [-0.15, -0.1) is 0 Å². The van der Waals surface area contributed by atoms with Gasteiger partial charge in [0.2, 0.25) is 5.91 Å². The highest BCUT2D eigenvalue weighted by molar-refractivity contribution is 5.76.